The van der Waals surface area contributed by atoms with Crippen molar-refractivity contribution in [3.63, 3.8) is 0 Å². The largest absolute Gasteiger partial charge is 0.366 e. The smallest absolute Gasteiger partial charge is 0.166 e. The lowest BCUT2D eigenvalue weighted by Gasteiger charge is -2.35. The predicted octanol–water partition coefficient (Wildman–Crippen LogP) is 1.90. The van der Waals surface area contributed by atoms with Crippen LogP contribution in [0, 0.1) is 11.8 Å². The first-order valence-corrected chi connectivity index (χ1v) is 5.54. The maximum atomic E-state index is 5.11. The third kappa shape index (κ3) is 2.83. The molecule has 1 aliphatic carbocycles. The van der Waals surface area contributed by atoms with E-state index in [-0.39, 0.29) is 0 Å². The lowest BCUT2D eigenvalue weighted by Crippen LogP contribution is -2.46. The molecule has 1 aliphatic rings. The van der Waals surface area contributed by atoms with Gasteiger partial charge in [0.2, 0.25) is 0 Å². The molecule has 2 N–H and O–H groups in total. The zero-order chi connectivity index (χ0) is 9.84. The summed E-state index contributed by atoms with van der Waals surface area (Å²) in [6, 6.07) is 0.573. The Morgan fingerprint density at radius 1 is 1.31 bits per heavy atom. The molecule has 0 aromatic rings. The summed E-state index contributed by atoms with van der Waals surface area (Å²) in [5.41, 5.74) is 0. The zero-order valence-corrected chi connectivity index (χ0v) is 9.58. The summed E-state index contributed by atoms with van der Waals surface area (Å²) in [4.78, 5) is 0. The highest BCUT2D eigenvalue weighted by molar-refractivity contribution is 7.80. The van der Waals surface area contributed by atoms with E-state index in [0.717, 1.165) is 16.9 Å². The van der Waals surface area contributed by atoms with Gasteiger partial charge < -0.3 is 10.6 Å². The summed E-state index contributed by atoms with van der Waals surface area (Å²) >= 11 is 5.11. The van der Waals surface area contributed by atoms with Crippen molar-refractivity contribution in [2.24, 2.45) is 11.8 Å². The Labute approximate surface area is 86.5 Å². The molecule has 0 aromatic heterocycles. The van der Waals surface area contributed by atoms with Gasteiger partial charge in [0.1, 0.15) is 0 Å². The van der Waals surface area contributed by atoms with Crippen LogP contribution in [0.2, 0.25) is 0 Å². The Morgan fingerprint density at radius 3 is 2.62 bits per heavy atom. The summed E-state index contributed by atoms with van der Waals surface area (Å²) < 4.78 is 0. The summed E-state index contributed by atoms with van der Waals surface area (Å²) in [6.45, 7) is 4.65. The van der Waals surface area contributed by atoms with Crippen LogP contribution in [0.3, 0.4) is 0 Å². The van der Waals surface area contributed by atoms with Crippen molar-refractivity contribution < 1.29 is 0 Å². The van der Waals surface area contributed by atoms with Gasteiger partial charge in [0.05, 0.1) is 0 Å². The Kier molecular flexibility index (Phi) is 3.97. The van der Waals surface area contributed by atoms with Crippen LogP contribution in [0.5, 0.6) is 0 Å². The third-order valence-corrected chi connectivity index (χ3v) is 3.57. The summed E-state index contributed by atoms with van der Waals surface area (Å²) in [7, 11) is 1.87. The van der Waals surface area contributed by atoms with Gasteiger partial charge in [-0.2, -0.15) is 0 Å². The van der Waals surface area contributed by atoms with Gasteiger partial charge >= 0.3 is 0 Å². The molecule has 0 saturated heterocycles. The molecule has 3 heteroatoms. The van der Waals surface area contributed by atoms with Gasteiger partial charge in [0.25, 0.3) is 0 Å². The van der Waals surface area contributed by atoms with Gasteiger partial charge in [-0.1, -0.05) is 26.7 Å². The molecule has 1 fully saturated rings. The van der Waals surface area contributed by atoms with Gasteiger partial charge in [0, 0.05) is 13.1 Å². The van der Waals surface area contributed by atoms with Crippen LogP contribution in [-0.4, -0.2) is 18.2 Å². The molecular weight excluding hydrogens is 180 g/mol. The zero-order valence-electron chi connectivity index (χ0n) is 8.76. The fraction of sp³-hybridized carbons (Fsp3) is 0.900. The number of nitrogens with one attached hydrogen (secondary N) is 2. The Bertz CT molecular complexity index is 182. The first kappa shape index (κ1) is 10.8. The fourth-order valence-electron chi connectivity index (χ4n) is 2.03. The highest BCUT2D eigenvalue weighted by Crippen LogP contribution is 2.29. The minimum atomic E-state index is 0.573. The molecule has 0 unspecified atom stereocenters. The van der Waals surface area contributed by atoms with Crippen LogP contribution in [0.1, 0.15) is 33.1 Å². The number of rotatable bonds is 1. The normalized spacial score (nSPS) is 33.9. The van der Waals surface area contributed by atoms with Crippen LogP contribution in [0.25, 0.3) is 0 Å². The molecule has 2 nitrogen and oxygen atoms in total. The number of hydrogen-bond acceptors (Lipinski definition) is 1. The monoisotopic (exact) mass is 200 g/mol. The van der Waals surface area contributed by atoms with Crippen molar-refractivity contribution in [3.05, 3.63) is 0 Å². The van der Waals surface area contributed by atoms with Crippen molar-refractivity contribution in [2.45, 2.75) is 39.2 Å². The molecule has 0 aliphatic heterocycles. The van der Waals surface area contributed by atoms with Gasteiger partial charge in [-0.15, -0.1) is 0 Å². The molecule has 0 heterocycles. The molecule has 0 amide bonds. The van der Waals surface area contributed by atoms with E-state index in [9.17, 15) is 0 Å². The van der Waals surface area contributed by atoms with Crippen molar-refractivity contribution >= 4 is 17.3 Å². The first-order valence-electron chi connectivity index (χ1n) is 5.13. The van der Waals surface area contributed by atoms with Crippen molar-refractivity contribution in [2.75, 3.05) is 7.05 Å². The second kappa shape index (κ2) is 4.80. The predicted molar refractivity (Wildman–Crippen MR) is 60.8 cm³/mol. The van der Waals surface area contributed by atoms with Crippen LogP contribution < -0.4 is 10.6 Å². The minimum absolute atomic E-state index is 0.573. The molecule has 1 rings (SSSR count). The minimum Gasteiger partial charge on any atom is -0.366 e. The average molecular weight is 200 g/mol. The van der Waals surface area contributed by atoms with Crippen LogP contribution in [0.4, 0.5) is 0 Å². The molecule has 13 heavy (non-hydrogen) atoms. The Hall–Kier alpha value is -0.310. The lowest BCUT2D eigenvalue weighted by molar-refractivity contribution is 0.224. The van der Waals surface area contributed by atoms with E-state index in [2.05, 4.69) is 24.5 Å². The number of hydrogen-bond donors (Lipinski definition) is 2. The van der Waals surface area contributed by atoms with E-state index in [4.69, 9.17) is 12.2 Å². The molecule has 3 atom stereocenters. The standard InChI is InChI=1S/C10H20N2S/c1-7-5-4-6-9(8(7)2)12-10(13)11-3/h7-9H,4-6H2,1-3H3,(H2,11,12,13)/t7-,8+,9-/m0/s1. The SMILES string of the molecule is CNC(=S)N[C@H]1CCC[C@H](C)[C@H]1C. The second-order valence-corrected chi connectivity index (χ2v) is 4.51. The lowest BCUT2D eigenvalue weighted by atomic mass is 9.78. The average Bonchev–Trinajstić information content (AvgIpc) is 2.13. The molecule has 0 bridgehead atoms. The highest BCUT2D eigenvalue weighted by atomic mass is 32.1. The van der Waals surface area contributed by atoms with Crippen LogP contribution in [-0.2, 0) is 0 Å². The van der Waals surface area contributed by atoms with Gasteiger partial charge in [-0.25, -0.2) is 0 Å². The molecular formula is C10H20N2S. The van der Waals surface area contributed by atoms with Crippen LogP contribution >= 0.6 is 12.2 Å². The maximum absolute atomic E-state index is 5.11. The summed E-state index contributed by atoms with van der Waals surface area (Å²) in [5, 5.41) is 7.12. The molecule has 0 radical (unpaired) electrons. The fourth-order valence-corrected chi connectivity index (χ4v) is 2.18. The van der Waals surface area contributed by atoms with E-state index in [1.807, 2.05) is 7.05 Å². The molecule has 0 spiro atoms. The first-order chi connectivity index (χ1) is 6.15. The van der Waals surface area contributed by atoms with E-state index in [1.165, 1.54) is 19.3 Å². The Morgan fingerprint density at radius 2 is 2.00 bits per heavy atom. The van der Waals surface area contributed by atoms with Gasteiger partial charge in [-0.3, -0.25) is 0 Å². The molecule has 1 saturated carbocycles. The third-order valence-electron chi connectivity index (χ3n) is 3.25. The highest BCUT2D eigenvalue weighted by Gasteiger charge is 2.26. The summed E-state index contributed by atoms with van der Waals surface area (Å²) in [5.74, 6) is 1.56. The van der Waals surface area contributed by atoms with Gasteiger partial charge in [0.15, 0.2) is 5.11 Å². The van der Waals surface area contributed by atoms with Crippen molar-refractivity contribution in [3.8, 4) is 0 Å². The van der Waals surface area contributed by atoms with Gasteiger partial charge in [-0.05, 0) is 30.5 Å². The van der Waals surface area contributed by atoms with E-state index < -0.39 is 0 Å². The Balaban J connectivity index is 2.43. The topological polar surface area (TPSA) is 24.1 Å². The van der Waals surface area contributed by atoms with Crippen LogP contribution in [0.15, 0.2) is 0 Å². The number of thiocarbonyl (C=S) groups is 1. The van der Waals surface area contributed by atoms with Crippen molar-refractivity contribution in [1.29, 1.82) is 0 Å². The second-order valence-electron chi connectivity index (χ2n) is 4.10. The molecule has 76 valence electrons. The van der Waals surface area contributed by atoms with E-state index in [0.29, 0.717) is 6.04 Å². The maximum Gasteiger partial charge on any atom is 0.166 e. The molecule has 0 aromatic carbocycles. The van der Waals surface area contributed by atoms with Crippen molar-refractivity contribution in [1.82, 2.24) is 10.6 Å². The van der Waals surface area contributed by atoms with E-state index >= 15 is 0 Å². The summed E-state index contributed by atoms with van der Waals surface area (Å²) in [6.07, 6.45) is 3.95. The van der Waals surface area contributed by atoms with E-state index in [1.54, 1.807) is 0 Å². The quantitative estimate of drug-likeness (QED) is 0.632.